The summed E-state index contributed by atoms with van der Waals surface area (Å²) in [6.45, 7) is 5.31. The van der Waals surface area contributed by atoms with Crippen molar-refractivity contribution in [2.75, 3.05) is 7.11 Å². The van der Waals surface area contributed by atoms with E-state index in [1.807, 2.05) is 30.4 Å². The highest BCUT2D eigenvalue weighted by Gasteiger charge is 2.23. The number of methoxy groups -OCH3 is 1. The van der Waals surface area contributed by atoms with Crippen LogP contribution in [0.25, 0.3) is 0 Å². The summed E-state index contributed by atoms with van der Waals surface area (Å²) in [7, 11) is 1.30. The van der Waals surface area contributed by atoms with Gasteiger partial charge in [0.25, 0.3) is 0 Å². The van der Waals surface area contributed by atoms with Gasteiger partial charge in [0.2, 0.25) is 0 Å². The summed E-state index contributed by atoms with van der Waals surface area (Å²) in [5.41, 5.74) is 0.702. The van der Waals surface area contributed by atoms with Crippen LogP contribution in [0.15, 0.2) is 42.5 Å². The van der Waals surface area contributed by atoms with Gasteiger partial charge < -0.3 is 14.8 Å². The van der Waals surface area contributed by atoms with Crippen molar-refractivity contribution >= 4 is 12.1 Å². The molecular formula is C20H29NO4. The van der Waals surface area contributed by atoms with Gasteiger partial charge in [-0.15, -0.1) is 0 Å². The fraction of sp³-hybridized carbons (Fsp3) is 0.500. The van der Waals surface area contributed by atoms with E-state index in [1.165, 1.54) is 12.7 Å². The van der Waals surface area contributed by atoms with Gasteiger partial charge >= 0.3 is 12.1 Å². The number of amides is 1. The number of hydrogen-bond acceptors (Lipinski definition) is 4. The smallest absolute Gasteiger partial charge is 0.408 e. The fourth-order valence-corrected chi connectivity index (χ4v) is 2.23. The van der Waals surface area contributed by atoms with Crippen molar-refractivity contribution in [1.82, 2.24) is 5.32 Å². The Morgan fingerprint density at radius 3 is 2.44 bits per heavy atom. The maximum absolute atomic E-state index is 11.8. The number of esters is 1. The Morgan fingerprint density at radius 1 is 1.16 bits per heavy atom. The largest absolute Gasteiger partial charge is 0.467 e. The molecule has 1 rings (SSSR count). The lowest BCUT2D eigenvalue weighted by Gasteiger charge is -2.22. The molecule has 0 saturated carbocycles. The summed E-state index contributed by atoms with van der Waals surface area (Å²) in [5.74, 6) is -0.486. The second-order valence-electron chi connectivity index (χ2n) is 6.81. The molecule has 5 heteroatoms. The highest BCUT2D eigenvalue weighted by atomic mass is 16.6. The van der Waals surface area contributed by atoms with Crippen LogP contribution in [0.5, 0.6) is 0 Å². The first-order chi connectivity index (χ1) is 11.8. The van der Waals surface area contributed by atoms with E-state index in [1.54, 1.807) is 20.8 Å². The molecule has 0 aliphatic heterocycles. The molecule has 1 aromatic carbocycles. The molecular weight excluding hydrogens is 318 g/mol. The first-order valence-electron chi connectivity index (χ1n) is 8.58. The molecule has 1 amide bonds. The molecule has 0 fully saturated rings. The minimum atomic E-state index is -0.745. The lowest BCUT2D eigenvalue weighted by molar-refractivity contribution is -0.143. The Balaban J connectivity index is 2.39. The second-order valence-corrected chi connectivity index (χ2v) is 6.81. The first-order valence-corrected chi connectivity index (χ1v) is 8.58. The van der Waals surface area contributed by atoms with Crippen LogP contribution in [0.1, 0.15) is 45.6 Å². The van der Waals surface area contributed by atoms with E-state index in [-0.39, 0.29) is 0 Å². The molecule has 0 radical (unpaired) electrons. The molecule has 0 spiro atoms. The molecule has 0 bridgehead atoms. The topological polar surface area (TPSA) is 64.6 Å². The van der Waals surface area contributed by atoms with Gasteiger partial charge in [-0.05, 0) is 52.0 Å². The third kappa shape index (κ3) is 9.55. The van der Waals surface area contributed by atoms with Crippen LogP contribution in [0.4, 0.5) is 4.79 Å². The van der Waals surface area contributed by atoms with Crippen LogP contribution in [0.2, 0.25) is 0 Å². The number of unbranched alkanes of at least 4 members (excludes halogenated alkanes) is 1. The lowest BCUT2D eigenvalue weighted by Crippen LogP contribution is -2.43. The summed E-state index contributed by atoms with van der Waals surface area (Å²) in [5, 5.41) is 2.55. The van der Waals surface area contributed by atoms with Crippen molar-refractivity contribution in [2.24, 2.45) is 0 Å². The highest BCUT2D eigenvalue weighted by molar-refractivity contribution is 5.81. The van der Waals surface area contributed by atoms with E-state index in [0.29, 0.717) is 6.42 Å². The number of ether oxygens (including phenoxy) is 2. The van der Waals surface area contributed by atoms with E-state index in [2.05, 4.69) is 17.4 Å². The number of allylic oxidation sites excluding steroid dienone is 1. The molecule has 0 aromatic heterocycles. The third-order valence-electron chi connectivity index (χ3n) is 3.39. The molecule has 1 atom stereocenters. The van der Waals surface area contributed by atoms with Gasteiger partial charge in [-0.3, -0.25) is 0 Å². The van der Waals surface area contributed by atoms with Crippen molar-refractivity contribution in [3.63, 3.8) is 0 Å². The van der Waals surface area contributed by atoms with Crippen LogP contribution in [-0.2, 0) is 20.7 Å². The van der Waals surface area contributed by atoms with Gasteiger partial charge in [-0.2, -0.15) is 0 Å². The normalized spacial score (nSPS) is 12.6. The Morgan fingerprint density at radius 2 is 1.84 bits per heavy atom. The van der Waals surface area contributed by atoms with Crippen molar-refractivity contribution in [2.45, 2.75) is 58.1 Å². The Bertz CT molecular complexity index is 561. The Labute approximate surface area is 150 Å². The van der Waals surface area contributed by atoms with Gasteiger partial charge in [0.1, 0.15) is 11.6 Å². The summed E-state index contributed by atoms with van der Waals surface area (Å²) in [6.07, 6.45) is 6.62. The van der Waals surface area contributed by atoms with Gasteiger partial charge in [-0.25, -0.2) is 9.59 Å². The summed E-state index contributed by atoms with van der Waals surface area (Å²) in [4.78, 5) is 23.6. The number of alkyl carbamates (subject to hydrolysis) is 1. The lowest BCUT2D eigenvalue weighted by atomic mass is 10.1. The third-order valence-corrected chi connectivity index (χ3v) is 3.39. The second kappa shape index (κ2) is 10.5. The molecule has 25 heavy (non-hydrogen) atoms. The average molecular weight is 347 g/mol. The molecule has 1 N–H and O–H groups in total. The molecule has 138 valence electrons. The summed E-state index contributed by atoms with van der Waals surface area (Å²) >= 11 is 0. The number of carbonyl (C=O) groups excluding carboxylic acids is 2. The van der Waals surface area contributed by atoms with Gasteiger partial charge in [-0.1, -0.05) is 42.5 Å². The number of carbonyl (C=O) groups is 2. The predicted molar refractivity (Wildman–Crippen MR) is 98.3 cm³/mol. The highest BCUT2D eigenvalue weighted by Crippen LogP contribution is 2.09. The molecule has 0 unspecified atom stereocenters. The number of benzene rings is 1. The van der Waals surface area contributed by atoms with Crippen LogP contribution in [-0.4, -0.2) is 30.8 Å². The average Bonchev–Trinajstić information content (AvgIpc) is 2.55. The maximum Gasteiger partial charge on any atom is 0.408 e. The molecule has 0 aliphatic rings. The fourth-order valence-electron chi connectivity index (χ4n) is 2.23. The number of rotatable bonds is 8. The zero-order valence-electron chi connectivity index (χ0n) is 15.6. The quantitative estimate of drug-likeness (QED) is 0.438. The molecule has 0 aliphatic carbocycles. The number of nitrogens with one attached hydrogen (secondary N) is 1. The van der Waals surface area contributed by atoms with E-state index in [0.717, 1.165) is 19.3 Å². The maximum atomic E-state index is 11.8. The van der Waals surface area contributed by atoms with Crippen molar-refractivity contribution in [1.29, 1.82) is 0 Å². The van der Waals surface area contributed by atoms with E-state index in [4.69, 9.17) is 9.47 Å². The standard InChI is InChI=1S/C20H29NO4/c1-20(2,3)25-19(23)21-17(18(22)24-4)15-11-6-5-8-12-16-13-9-7-10-14-16/h6-7,9-11,13-14,17H,5,8,12,15H2,1-4H3,(H,21,23)/b11-6+/t17-/m1/s1. The summed E-state index contributed by atoms with van der Waals surface area (Å²) < 4.78 is 9.91. The first kappa shape index (κ1) is 20.7. The minimum absolute atomic E-state index is 0.372. The van der Waals surface area contributed by atoms with Crippen molar-refractivity contribution < 1.29 is 19.1 Å². The summed E-state index contributed by atoms with van der Waals surface area (Å²) in [6, 6.07) is 9.56. The van der Waals surface area contributed by atoms with Crippen molar-refractivity contribution in [3.8, 4) is 0 Å². The zero-order chi connectivity index (χ0) is 18.7. The van der Waals surface area contributed by atoms with Crippen LogP contribution < -0.4 is 5.32 Å². The van der Waals surface area contributed by atoms with Gasteiger partial charge in [0, 0.05) is 0 Å². The van der Waals surface area contributed by atoms with Crippen LogP contribution in [0.3, 0.4) is 0 Å². The van der Waals surface area contributed by atoms with E-state index in [9.17, 15) is 9.59 Å². The predicted octanol–water partition coefficient (Wildman–Crippen LogP) is 4.02. The SMILES string of the molecule is COC(=O)[C@@H](C/C=C/CCCc1ccccc1)NC(=O)OC(C)(C)C. The number of hydrogen-bond donors (Lipinski definition) is 1. The van der Waals surface area contributed by atoms with Gasteiger partial charge in [0.15, 0.2) is 0 Å². The number of aryl methyl sites for hydroxylation is 1. The van der Waals surface area contributed by atoms with Crippen molar-refractivity contribution in [3.05, 3.63) is 48.0 Å². The molecule has 0 saturated heterocycles. The monoisotopic (exact) mass is 347 g/mol. The Hall–Kier alpha value is -2.30. The molecule has 1 aromatic rings. The van der Waals surface area contributed by atoms with Gasteiger partial charge in [0.05, 0.1) is 7.11 Å². The zero-order valence-corrected chi connectivity index (χ0v) is 15.6. The molecule has 0 heterocycles. The van der Waals surface area contributed by atoms with E-state index >= 15 is 0 Å². The van der Waals surface area contributed by atoms with E-state index < -0.39 is 23.7 Å². The minimum Gasteiger partial charge on any atom is -0.467 e. The van der Waals surface area contributed by atoms with Crippen LogP contribution >= 0.6 is 0 Å². The molecule has 5 nitrogen and oxygen atoms in total. The van der Waals surface area contributed by atoms with Crippen LogP contribution in [0, 0.1) is 0 Å². The Kier molecular flexibility index (Phi) is 8.75.